The molecule has 1 fully saturated rings. The van der Waals surface area contributed by atoms with Crippen LogP contribution in [0.1, 0.15) is 30.0 Å². The van der Waals surface area contributed by atoms with Gasteiger partial charge in [0, 0.05) is 31.8 Å². The molecule has 1 heterocycles. The second-order valence-electron chi connectivity index (χ2n) is 5.17. The van der Waals surface area contributed by atoms with Crippen LogP contribution >= 0.6 is 0 Å². The highest BCUT2D eigenvalue weighted by Crippen LogP contribution is 2.25. The van der Waals surface area contributed by atoms with Crippen molar-refractivity contribution in [1.82, 2.24) is 4.90 Å². The summed E-state index contributed by atoms with van der Waals surface area (Å²) in [5.74, 6) is 0. The number of benzene rings is 1. The number of likely N-dealkylation sites (N-methyl/N-ethyl adjacent to an activating group) is 1. The molecule has 18 heavy (non-hydrogen) atoms. The molecule has 1 aliphatic heterocycles. The monoisotopic (exact) mass is 248 g/mol. The number of rotatable bonds is 4. The molecular weight excluding hydrogens is 224 g/mol. The molecule has 0 aromatic heterocycles. The third-order valence-electron chi connectivity index (χ3n) is 3.91. The largest absolute Gasteiger partial charge is 0.381 e. The molecule has 0 saturated carbocycles. The first-order valence-corrected chi connectivity index (χ1v) is 6.78. The first-order valence-electron chi connectivity index (χ1n) is 6.78. The van der Waals surface area contributed by atoms with E-state index in [0.717, 1.165) is 26.1 Å². The summed E-state index contributed by atoms with van der Waals surface area (Å²) in [5.41, 5.74) is 8.61. The minimum absolute atomic E-state index is 0.313. The molecule has 2 N–H and O–H groups in total. The standard InChI is InChI=1S/C15H24N2O/c1-12-4-3-5-13(10-12)15(11-16)17(2)14-6-8-18-9-7-14/h3-5,10,14-15H,6-9,11,16H2,1-2H3. The van der Waals surface area contributed by atoms with Gasteiger partial charge in [0.15, 0.2) is 0 Å². The predicted molar refractivity (Wildman–Crippen MR) is 74.6 cm³/mol. The van der Waals surface area contributed by atoms with E-state index in [2.05, 4.69) is 43.1 Å². The summed E-state index contributed by atoms with van der Waals surface area (Å²) >= 11 is 0. The molecule has 2 rings (SSSR count). The van der Waals surface area contributed by atoms with Gasteiger partial charge in [0.2, 0.25) is 0 Å². The minimum Gasteiger partial charge on any atom is -0.381 e. The fourth-order valence-electron chi connectivity index (χ4n) is 2.76. The van der Waals surface area contributed by atoms with Gasteiger partial charge in [0.05, 0.1) is 0 Å². The Morgan fingerprint density at radius 1 is 1.39 bits per heavy atom. The van der Waals surface area contributed by atoms with Crippen molar-refractivity contribution in [2.45, 2.75) is 31.8 Å². The van der Waals surface area contributed by atoms with Crippen molar-refractivity contribution in [2.24, 2.45) is 5.73 Å². The molecule has 3 nitrogen and oxygen atoms in total. The van der Waals surface area contributed by atoms with Crippen molar-refractivity contribution in [2.75, 3.05) is 26.8 Å². The van der Waals surface area contributed by atoms with E-state index in [1.54, 1.807) is 0 Å². The summed E-state index contributed by atoms with van der Waals surface area (Å²) in [6, 6.07) is 9.57. The molecule has 1 atom stereocenters. The summed E-state index contributed by atoms with van der Waals surface area (Å²) in [7, 11) is 2.19. The van der Waals surface area contributed by atoms with Crippen LogP contribution in [-0.2, 0) is 4.74 Å². The van der Waals surface area contributed by atoms with Gasteiger partial charge in [-0.25, -0.2) is 0 Å². The molecule has 1 unspecified atom stereocenters. The quantitative estimate of drug-likeness (QED) is 0.887. The average Bonchev–Trinajstić information content (AvgIpc) is 2.40. The Kier molecular flexibility index (Phi) is 4.75. The average molecular weight is 248 g/mol. The summed E-state index contributed by atoms with van der Waals surface area (Å²) in [6.45, 7) is 4.54. The molecular formula is C15H24N2O. The Bertz CT molecular complexity index is 375. The van der Waals surface area contributed by atoms with E-state index in [1.165, 1.54) is 11.1 Å². The van der Waals surface area contributed by atoms with Gasteiger partial charge in [-0.2, -0.15) is 0 Å². The van der Waals surface area contributed by atoms with Crippen LogP contribution in [0.15, 0.2) is 24.3 Å². The Balaban J connectivity index is 2.11. The number of aryl methyl sites for hydroxylation is 1. The Hall–Kier alpha value is -0.900. The third-order valence-corrected chi connectivity index (χ3v) is 3.91. The van der Waals surface area contributed by atoms with Gasteiger partial charge in [-0.1, -0.05) is 29.8 Å². The zero-order chi connectivity index (χ0) is 13.0. The van der Waals surface area contributed by atoms with Crippen molar-refractivity contribution in [3.05, 3.63) is 35.4 Å². The van der Waals surface area contributed by atoms with Crippen LogP contribution < -0.4 is 5.73 Å². The smallest absolute Gasteiger partial charge is 0.0480 e. The lowest BCUT2D eigenvalue weighted by Gasteiger charge is -2.37. The third kappa shape index (κ3) is 3.10. The Labute approximate surface area is 110 Å². The minimum atomic E-state index is 0.313. The molecule has 100 valence electrons. The predicted octanol–water partition coefficient (Wildman–Crippen LogP) is 2.11. The maximum atomic E-state index is 5.99. The van der Waals surface area contributed by atoms with Crippen molar-refractivity contribution in [1.29, 1.82) is 0 Å². The van der Waals surface area contributed by atoms with Crippen LogP contribution in [0.3, 0.4) is 0 Å². The zero-order valence-electron chi connectivity index (χ0n) is 11.4. The lowest BCUT2D eigenvalue weighted by molar-refractivity contribution is 0.0294. The number of ether oxygens (including phenoxy) is 1. The van der Waals surface area contributed by atoms with E-state index in [0.29, 0.717) is 18.6 Å². The second kappa shape index (κ2) is 6.32. The topological polar surface area (TPSA) is 38.5 Å². The first-order chi connectivity index (χ1) is 8.72. The van der Waals surface area contributed by atoms with E-state index in [1.807, 2.05) is 0 Å². The van der Waals surface area contributed by atoms with Crippen LogP contribution in [-0.4, -0.2) is 37.7 Å². The molecule has 3 heteroatoms. The van der Waals surface area contributed by atoms with Gasteiger partial charge < -0.3 is 10.5 Å². The summed E-state index contributed by atoms with van der Waals surface area (Å²) in [6.07, 6.45) is 2.22. The molecule has 1 saturated heterocycles. The van der Waals surface area contributed by atoms with Gasteiger partial charge in [0.1, 0.15) is 0 Å². The molecule has 1 aliphatic rings. The van der Waals surface area contributed by atoms with Crippen LogP contribution in [0, 0.1) is 6.92 Å². The van der Waals surface area contributed by atoms with Crippen molar-refractivity contribution < 1.29 is 4.74 Å². The molecule has 0 aliphatic carbocycles. The van der Waals surface area contributed by atoms with Crippen LogP contribution in [0.5, 0.6) is 0 Å². The molecule has 0 radical (unpaired) electrons. The van der Waals surface area contributed by atoms with E-state index >= 15 is 0 Å². The van der Waals surface area contributed by atoms with Crippen LogP contribution in [0.25, 0.3) is 0 Å². The maximum absolute atomic E-state index is 5.99. The van der Waals surface area contributed by atoms with E-state index < -0.39 is 0 Å². The van der Waals surface area contributed by atoms with Crippen LogP contribution in [0.4, 0.5) is 0 Å². The second-order valence-corrected chi connectivity index (χ2v) is 5.17. The molecule has 0 bridgehead atoms. The first kappa shape index (κ1) is 13.5. The van der Waals surface area contributed by atoms with Gasteiger partial charge >= 0.3 is 0 Å². The molecule has 1 aromatic rings. The van der Waals surface area contributed by atoms with Crippen molar-refractivity contribution in [3.63, 3.8) is 0 Å². The number of nitrogens with two attached hydrogens (primary N) is 1. The Morgan fingerprint density at radius 3 is 2.72 bits per heavy atom. The van der Waals surface area contributed by atoms with Gasteiger partial charge in [0.25, 0.3) is 0 Å². The number of hydrogen-bond donors (Lipinski definition) is 1. The van der Waals surface area contributed by atoms with E-state index in [9.17, 15) is 0 Å². The van der Waals surface area contributed by atoms with Crippen molar-refractivity contribution in [3.8, 4) is 0 Å². The van der Waals surface area contributed by atoms with Gasteiger partial charge in [-0.3, -0.25) is 4.90 Å². The lowest BCUT2D eigenvalue weighted by Crippen LogP contribution is -2.41. The van der Waals surface area contributed by atoms with Crippen LogP contribution in [0.2, 0.25) is 0 Å². The number of hydrogen-bond acceptors (Lipinski definition) is 3. The zero-order valence-corrected chi connectivity index (χ0v) is 11.4. The van der Waals surface area contributed by atoms with E-state index in [4.69, 9.17) is 10.5 Å². The van der Waals surface area contributed by atoms with E-state index in [-0.39, 0.29) is 0 Å². The fraction of sp³-hybridized carbons (Fsp3) is 0.600. The highest BCUT2D eigenvalue weighted by Gasteiger charge is 2.25. The highest BCUT2D eigenvalue weighted by molar-refractivity contribution is 5.25. The maximum Gasteiger partial charge on any atom is 0.0480 e. The lowest BCUT2D eigenvalue weighted by atomic mass is 9.99. The summed E-state index contributed by atoms with van der Waals surface area (Å²) in [5, 5.41) is 0. The van der Waals surface area contributed by atoms with Crippen molar-refractivity contribution >= 4 is 0 Å². The summed E-state index contributed by atoms with van der Waals surface area (Å²) < 4.78 is 5.43. The molecule has 0 spiro atoms. The fourth-order valence-corrected chi connectivity index (χ4v) is 2.76. The van der Waals surface area contributed by atoms with Gasteiger partial charge in [-0.15, -0.1) is 0 Å². The SMILES string of the molecule is Cc1cccc(C(CN)N(C)C2CCOCC2)c1. The normalized spacial score (nSPS) is 19.1. The molecule has 0 amide bonds. The Morgan fingerprint density at radius 2 is 2.11 bits per heavy atom. The summed E-state index contributed by atoms with van der Waals surface area (Å²) in [4.78, 5) is 2.43. The molecule has 1 aromatic carbocycles. The highest BCUT2D eigenvalue weighted by atomic mass is 16.5. The number of nitrogens with zero attached hydrogens (tertiary/aromatic N) is 1. The van der Waals surface area contributed by atoms with Gasteiger partial charge in [-0.05, 0) is 32.4 Å².